The van der Waals surface area contributed by atoms with Crippen LogP contribution >= 0.6 is 35.3 Å². The molecule has 2 rings (SSSR count). The summed E-state index contributed by atoms with van der Waals surface area (Å²) in [6.45, 7) is 4.83. The zero-order valence-corrected chi connectivity index (χ0v) is 19.0. The largest absolute Gasteiger partial charge is 0.434 e. The molecule has 1 unspecified atom stereocenters. The standard InChI is InChI=1S/C18H21F5N4S.HI/c1-3-24-17(25-7-6-16-27-15(10-28-16)18(21,22)23)26-9-11(2)13-5-4-12(19)8-14(13)20;/h4-5,8,10-11H,3,6-7,9H2,1-2H3,(H2,24,25,26);1H. The predicted molar refractivity (Wildman–Crippen MR) is 115 cm³/mol. The molecule has 0 spiro atoms. The Morgan fingerprint density at radius 2 is 1.97 bits per heavy atom. The molecule has 162 valence electrons. The molecule has 2 aromatic rings. The highest BCUT2D eigenvalue weighted by Gasteiger charge is 2.33. The van der Waals surface area contributed by atoms with E-state index in [2.05, 4.69) is 20.6 Å². The zero-order chi connectivity index (χ0) is 20.7. The summed E-state index contributed by atoms with van der Waals surface area (Å²) in [4.78, 5) is 7.94. The summed E-state index contributed by atoms with van der Waals surface area (Å²) in [5, 5.41) is 7.40. The molecule has 0 saturated heterocycles. The van der Waals surface area contributed by atoms with Crippen LogP contribution in [0.5, 0.6) is 0 Å². The maximum Gasteiger partial charge on any atom is 0.434 e. The van der Waals surface area contributed by atoms with E-state index in [1.54, 1.807) is 6.92 Å². The van der Waals surface area contributed by atoms with Crippen molar-refractivity contribution in [3.05, 3.63) is 51.5 Å². The molecular formula is C18H22F5IN4S. The number of nitrogens with zero attached hydrogens (tertiary/aromatic N) is 2. The average molecular weight is 548 g/mol. The minimum Gasteiger partial charge on any atom is -0.357 e. The summed E-state index contributed by atoms with van der Waals surface area (Å²) in [6.07, 6.45) is -4.13. The van der Waals surface area contributed by atoms with Crippen LogP contribution in [0.3, 0.4) is 0 Å². The minimum absolute atomic E-state index is 0. The molecule has 1 atom stereocenters. The van der Waals surface area contributed by atoms with E-state index in [1.165, 1.54) is 12.1 Å². The van der Waals surface area contributed by atoms with Crippen molar-refractivity contribution < 1.29 is 22.0 Å². The number of thiazole rings is 1. The Labute approximate surface area is 187 Å². The third-order valence-corrected chi connectivity index (χ3v) is 4.74. The van der Waals surface area contributed by atoms with E-state index in [4.69, 9.17) is 0 Å². The molecular weight excluding hydrogens is 526 g/mol. The first-order chi connectivity index (χ1) is 13.2. The molecule has 1 aromatic heterocycles. The molecule has 0 amide bonds. The lowest BCUT2D eigenvalue weighted by Gasteiger charge is -2.14. The molecule has 1 aromatic carbocycles. The quantitative estimate of drug-likeness (QED) is 0.223. The highest BCUT2D eigenvalue weighted by Crippen LogP contribution is 2.30. The van der Waals surface area contributed by atoms with Crippen LogP contribution in [0.1, 0.15) is 36.0 Å². The number of aliphatic imine (C=N–C) groups is 1. The van der Waals surface area contributed by atoms with Gasteiger partial charge in [-0.25, -0.2) is 13.8 Å². The smallest absolute Gasteiger partial charge is 0.357 e. The fourth-order valence-electron chi connectivity index (χ4n) is 2.41. The normalized spacial score (nSPS) is 13.0. The summed E-state index contributed by atoms with van der Waals surface area (Å²) in [7, 11) is 0. The summed E-state index contributed by atoms with van der Waals surface area (Å²) in [5.74, 6) is -1.07. The van der Waals surface area contributed by atoms with Crippen molar-refractivity contribution in [2.24, 2.45) is 4.99 Å². The highest BCUT2D eigenvalue weighted by atomic mass is 127. The number of guanidine groups is 1. The number of halogens is 6. The lowest BCUT2D eigenvalue weighted by molar-refractivity contribution is -0.140. The van der Waals surface area contributed by atoms with Crippen molar-refractivity contribution in [2.45, 2.75) is 32.4 Å². The number of benzene rings is 1. The number of alkyl halides is 3. The second-order valence-electron chi connectivity index (χ2n) is 6.09. The molecule has 0 aliphatic rings. The molecule has 0 saturated carbocycles. The molecule has 0 aliphatic carbocycles. The van der Waals surface area contributed by atoms with Crippen molar-refractivity contribution >= 4 is 41.3 Å². The Bertz CT molecular complexity index is 810. The Balaban J connectivity index is 0.00000420. The van der Waals surface area contributed by atoms with Crippen molar-refractivity contribution in [3.8, 4) is 0 Å². The van der Waals surface area contributed by atoms with Crippen LogP contribution in [-0.4, -0.2) is 30.6 Å². The molecule has 4 nitrogen and oxygen atoms in total. The molecule has 0 radical (unpaired) electrons. The molecule has 29 heavy (non-hydrogen) atoms. The van der Waals surface area contributed by atoms with Gasteiger partial charge in [-0.1, -0.05) is 13.0 Å². The van der Waals surface area contributed by atoms with E-state index in [9.17, 15) is 22.0 Å². The van der Waals surface area contributed by atoms with Gasteiger partial charge >= 0.3 is 6.18 Å². The highest BCUT2D eigenvalue weighted by molar-refractivity contribution is 14.0. The fourth-order valence-corrected chi connectivity index (χ4v) is 3.22. The van der Waals surface area contributed by atoms with Crippen LogP contribution in [0.25, 0.3) is 0 Å². The maximum atomic E-state index is 13.8. The summed E-state index contributed by atoms with van der Waals surface area (Å²) < 4.78 is 64.6. The molecule has 0 aliphatic heterocycles. The Kier molecular flexibility index (Phi) is 10.2. The van der Waals surface area contributed by atoms with Crippen LogP contribution in [-0.2, 0) is 12.6 Å². The van der Waals surface area contributed by atoms with Crippen LogP contribution < -0.4 is 10.6 Å². The lowest BCUT2D eigenvalue weighted by atomic mass is 10.0. The van der Waals surface area contributed by atoms with E-state index < -0.39 is 23.5 Å². The SMILES string of the molecule is CCNC(=NCC(C)c1ccc(F)cc1F)NCCc1nc(C(F)(F)F)cs1.I. The van der Waals surface area contributed by atoms with Crippen LogP contribution in [0, 0.1) is 11.6 Å². The van der Waals surface area contributed by atoms with E-state index in [1.807, 2.05) is 6.92 Å². The Morgan fingerprint density at radius 1 is 1.24 bits per heavy atom. The van der Waals surface area contributed by atoms with Gasteiger partial charge in [0.15, 0.2) is 11.7 Å². The van der Waals surface area contributed by atoms with Gasteiger partial charge in [-0.3, -0.25) is 4.99 Å². The van der Waals surface area contributed by atoms with Crippen molar-refractivity contribution in [2.75, 3.05) is 19.6 Å². The Hall–Kier alpha value is -1.50. The maximum absolute atomic E-state index is 13.8. The first kappa shape index (κ1) is 25.5. The van der Waals surface area contributed by atoms with Gasteiger partial charge in [-0.05, 0) is 18.6 Å². The monoisotopic (exact) mass is 548 g/mol. The Morgan fingerprint density at radius 3 is 2.55 bits per heavy atom. The first-order valence-corrected chi connectivity index (χ1v) is 9.57. The minimum atomic E-state index is -4.44. The van der Waals surface area contributed by atoms with Gasteiger partial charge in [-0.15, -0.1) is 35.3 Å². The van der Waals surface area contributed by atoms with Gasteiger partial charge in [0.1, 0.15) is 11.6 Å². The second kappa shape index (κ2) is 11.6. The topological polar surface area (TPSA) is 49.3 Å². The average Bonchev–Trinajstić information content (AvgIpc) is 3.08. The summed E-state index contributed by atoms with van der Waals surface area (Å²) in [5.41, 5.74) is -0.522. The lowest BCUT2D eigenvalue weighted by Crippen LogP contribution is -2.38. The van der Waals surface area contributed by atoms with E-state index in [0.717, 1.165) is 22.8 Å². The first-order valence-electron chi connectivity index (χ1n) is 8.69. The fraction of sp³-hybridized carbons (Fsp3) is 0.444. The predicted octanol–water partition coefficient (Wildman–Crippen LogP) is 4.96. The van der Waals surface area contributed by atoms with E-state index in [0.29, 0.717) is 36.0 Å². The van der Waals surface area contributed by atoms with Gasteiger partial charge in [-0.2, -0.15) is 13.2 Å². The van der Waals surface area contributed by atoms with E-state index in [-0.39, 0.29) is 36.4 Å². The molecule has 2 N–H and O–H groups in total. The summed E-state index contributed by atoms with van der Waals surface area (Å²) in [6, 6.07) is 3.43. The van der Waals surface area contributed by atoms with Gasteiger partial charge in [0, 0.05) is 43.4 Å². The van der Waals surface area contributed by atoms with Crippen molar-refractivity contribution in [1.29, 1.82) is 0 Å². The van der Waals surface area contributed by atoms with Crippen LogP contribution in [0.4, 0.5) is 22.0 Å². The summed E-state index contributed by atoms with van der Waals surface area (Å²) >= 11 is 0.956. The number of rotatable bonds is 7. The van der Waals surface area contributed by atoms with Gasteiger partial charge in [0.25, 0.3) is 0 Å². The van der Waals surface area contributed by atoms with Gasteiger partial charge < -0.3 is 10.6 Å². The van der Waals surface area contributed by atoms with Crippen molar-refractivity contribution in [1.82, 2.24) is 15.6 Å². The van der Waals surface area contributed by atoms with Crippen LogP contribution in [0.2, 0.25) is 0 Å². The molecule has 0 fully saturated rings. The third-order valence-electron chi connectivity index (χ3n) is 3.83. The van der Waals surface area contributed by atoms with Gasteiger partial charge in [0.2, 0.25) is 0 Å². The number of hydrogen-bond acceptors (Lipinski definition) is 3. The zero-order valence-electron chi connectivity index (χ0n) is 15.8. The molecule has 1 heterocycles. The number of aromatic nitrogens is 1. The third kappa shape index (κ3) is 8.03. The molecule has 0 bridgehead atoms. The van der Waals surface area contributed by atoms with Crippen molar-refractivity contribution in [3.63, 3.8) is 0 Å². The second-order valence-corrected chi connectivity index (χ2v) is 7.03. The van der Waals surface area contributed by atoms with Crippen LogP contribution in [0.15, 0.2) is 28.6 Å². The number of nitrogens with one attached hydrogen (secondary N) is 2. The van der Waals surface area contributed by atoms with Gasteiger partial charge in [0.05, 0.1) is 5.01 Å². The molecule has 11 heteroatoms. The number of hydrogen-bond donors (Lipinski definition) is 2. The van der Waals surface area contributed by atoms with E-state index >= 15 is 0 Å².